The van der Waals surface area contributed by atoms with E-state index in [1.807, 2.05) is 33.8 Å². The van der Waals surface area contributed by atoms with Crippen LogP contribution >= 0.6 is 0 Å². The van der Waals surface area contributed by atoms with E-state index in [0.29, 0.717) is 16.9 Å². The van der Waals surface area contributed by atoms with Crippen LogP contribution in [0.2, 0.25) is 0 Å². The fourth-order valence-corrected chi connectivity index (χ4v) is 4.62. The lowest BCUT2D eigenvalue weighted by Gasteiger charge is -2.36. The van der Waals surface area contributed by atoms with Gasteiger partial charge in [-0.2, -0.15) is 0 Å². The molecule has 2 aromatic carbocycles. The highest BCUT2D eigenvalue weighted by Gasteiger charge is 2.36. The Labute approximate surface area is 166 Å². The fourth-order valence-electron chi connectivity index (χ4n) is 4.62. The largest absolute Gasteiger partial charge is 0.506 e. The Balaban J connectivity index is 1.81. The molecule has 0 spiro atoms. The average molecular weight is 380 g/mol. The number of benzene rings is 2. The van der Waals surface area contributed by atoms with E-state index in [1.54, 1.807) is 0 Å². The molecule has 0 atom stereocenters. The number of amides is 1. The highest BCUT2D eigenvalue weighted by Crippen LogP contribution is 2.51. The van der Waals surface area contributed by atoms with Gasteiger partial charge in [0.1, 0.15) is 17.1 Å². The number of aromatic hydroxyl groups is 1. The molecule has 1 fully saturated rings. The summed E-state index contributed by atoms with van der Waals surface area (Å²) in [6.45, 7) is 7.95. The molecular weight excluding hydrogens is 350 g/mol. The molecule has 2 N–H and O–H groups in total. The number of aryl methyl sites for hydroxylation is 2. The number of hydrogen-bond donors (Lipinski definition) is 2. The number of rotatable bonds is 2. The van der Waals surface area contributed by atoms with Gasteiger partial charge in [0.25, 0.3) is 5.91 Å². The molecule has 0 bridgehead atoms. The first-order valence-corrected chi connectivity index (χ1v) is 10.3. The van der Waals surface area contributed by atoms with Crippen LogP contribution in [0, 0.1) is 13.8 Å². The Morgan fingerprint density at radius 3 is 2.57 bits per heavy atom. The first-order chi connectivity index (χ1) is 13.3. The lowest BCUT2D eigenvalue weighted by Crippen LogP contribution is -2.36. The molecular formula is C24H29NO3. The average Bonchev–Trinajstić information content (AvgIpc) is 2.61. The number of ether oxygens (including phenoxy) is 1. The summed E-state index contributed by atoms with van der Waals surface area (Å²) in [4.78, 5) is 13.0. The number of hydrogen-bond acceptors (Lipinski definition) is 3. The van der Waals surface area contributed by atoms with Crippen molar-refractivity contribution in [3.8, 4) is 22.6 Å². The fraction of sp³-hybridized carbons (Fsp3) is 0.458. The van der Waals surface area contributed by atoms with E-state index in [4.69, 9.17) is 4.74 Å². The molecule has 0 radical (unpaired) electrons. The van der Waals surface area contributed by atoms with Crippen molar-refractivity contribution >= 4 is 5.91 Å². The molecule has 1 amide bonds. The molecule has 0 unspecified atom stereocenters. The van der Waals surface area contributed by atoms with Crippen molar-refractivity contribution in [3.63, 3.8) is 0 Å². The molecule has 1 saturated carbocycles. The summed E-state index contributed by atoms with van der Waals surface area (Å²) >= 11 is 0. The van der Waals surface area contributed by atoms with Crippen LogP contribution in [0.5, 0.6) is 11.5 Å². The molecule has 4 rings (SSSR count). The van der Waals surface area contributed by atoms with Gasteiger partial charge in [0.2, 0.25) is 0 Å². The maximum Gasteiger partial charge on any atom is 0.255 e. The summed E-state index contributed by atoms with van der Waals surface area (Å²) in [5.74, 6) is 0.460. The van der Waals surface area contributed by atoms with Crippen LogP contribution < -0.4 is 10.1 Å². The first kappa shape index (κ1) is 18.9. The molecule has 1 aliphatic heterocycles. The van der Waals surface area contributed by atoms with Gasteiger partial charge < -0.3 is 15.2 Å². The maximum absolute atomic E-state index is 13.0. The molecule has 1 aliphatic carbocycles. The summed E-state index contributed by atoms with van der Waals surface area (Å²) in [6, 6.07) is 8.25. The quantitative estimate of drug-likeness (QED) is 0.738. The summed E-state index contributed by atoms with van der Waals surface area (Å²) in [5.41, 5.74) is 4.28. The second-order valence-corrected chi connectivity index (χ2v) is 8.76. The van der Waals surface area contributed by atoms with Crippen molar-refractivity contribution in [1.82, 2.24) is 5.32 Å². The van der Waals surface area contributed by atoms with E-state index in [-0.39, 0.29) is 17.7 Å². The Morgan fingerprint density at radius 2 is 1.86 bits per heavy atom. The van der Waals surface area contributed by atoms with E-state index in [2.05, 4.69) is 23.5 Å². The summed E-state index contributed by atoms with van der Waals surface area (Å²) in [6.07, 6.45) is 5.55. The topological polar surface area (TPSA) is 58.6 Å². The van der Waals surface area contributed by atoms with Gasteiger partial charge in [0.05, 0.1) is 11.1 Å². The SMILES string of the molecule is Cc1ccc2c(c1)-c1c(cc(C)c(C(=O)NC3CCCCC3)c1O)OC2(C)C. The Morgan fingerprint density at radius 1 is 1.14 bits per heavy atom. The van der Waals surface area contributed by atoms with E-state index < -0.39 is 5.60 Å². The van der Waals surface area contributed by atoms with Crippen molar-refractivity contribution in [2.75, 3.05) is 0 Å². The number of fused-ring (bicyclic) bond motifs is 3. The zero-order valence-corrected chi connectivity index (χ0v) is 17.2. The van der Waals surface area contributed by atoms with E-state index in [0.717, 1.165) is 47.9 Å². The van der Waals surface area contributed by atoms with E-state index in [1.165, 1.54) is 6.42 Å². The summed E-state index contributed by atoms with van der Waals surface area (Å²) < 4.78 is 6.24. The molecule has 2 aromatic rings. The third kappa shape index (κ3) is 3.15. The lowest BCUT2D eigenvalue weighted by atomic mass is 9.83. The van der Waals surface area contributed by atoms with Gasteiger partial charge in [-0.25, -0.2) is 0 Å². The monoisotopic (exact) mass is 379 g/mol. The second kappa shape index (κ2) is 6.84. The third-order valence-electron chi connectivity index (χ3n) is 6.09. The minimum absolute atomic E-state index is 0.0191. The lowest BCUT2D eigenvalue weighted by molar-refractivity contribution is 0.0923. The first-order valence-electron chi connectivity index (χ1n) is 10.3. The Hall–Kier alpha value is -2.49. The van der Waals surface area contributed by atoms with Crippen molar-refractivity contribution in [2.24, 2.45) is 0 Å². The Kier molecular flexibility index (Phi) is 4.60. The van der Waals surface area contributed by atoms with Crippen LogP contribution in [0.3, 0.4) is 0 Å². The maximum atomic E-state index is 13.0. The van der Waals surface area contributed by atoms with Crippen molar-refractivity contribution in [1.29, 1.82) is 0 Å². The van der Waals surface area contributed by atoms with Crippen molar-refractivity contribution in [2.45, 2.75) is 71.4 Å². The van der Waals surface area contributed by atoms with Gasteiger partial charge in [-0.15, -0.1) is 0 Å². The normalized spacial score (nSPS) is 18.0. The van der Waals surface area contributed by atoms with Crippen LogP contribution in [-0.2, 0) is 5.60 Å². The van der Waals surface area contributed by atoms with Gasteiger partial charge in [0, 0.05) is 11.6 Å². The highest BCUT2D eigenvalue weighted by molar-refractivity contribution is 6.02. The zero-order chi connectivity index (χ0) is 20.1. The highest BCUT2D eigenvalue weighted by atomic mass is 16.5. The third-order valence-corrected chi connectivity index (χ3v) is 6.09. The zero-order valence-electron chi connectivity index (χ0n) is 17.2. The molecule has 1 heterocycles. The molecule has 4 heteroatoms. The van der Waals surface area contributed by atoms with Crippen LogP contribution in [0.4, 0.5) is 0 Å². The van der Waals surface area contributed by atoms with Crippen LogP contribution in [0.1, 0.15) is 73.0 Å². The number of carbonyl (C=O) groups is 1. The van der Waals surface area contributed by atoms with E-state index >= 15 is 0 Å². The van der Waals surface area contributed by atoms with Gasteiger partial charge in [-0.1, -0.05) is 43.0 Å². The van der Waals surface area contributed by atoms with Crippen LogP contribution in [-0.4, -0.2) is 17.1 Å². The van der Waals surface area contributed by atoms with Crippen molar-refractivity contribution < 1.29 is 14.6 Å². The molecule has 2 aliphatic rings. The number of phenolic OH excluding ortho intramolecular Hbond substituents is 1. The molecule has 148 valence electrons. The van der Waals surface area contributed by atoms with Gasteiger partial charge in [-0.3, -0.25) is 4.79 Å². The predicted molar refractivity (Wildman–Crippen MR) is 111 cm³/mol. The molecule has 28 heavy (non-hydrogen) atoms. The summed E-state index contributed by atoms with van der Waals surface area (Å²) in [7, 11) is 0. The standard InChI is InChI=1S/C24H29NO3/c1-14-10-11-18-17(12-14)21-19(28-24(18,3)4)13-15(2)20(22(21)26)23(27)25-16-8-6-5-7-9-16/h10-13,16,26H,5-9H2,1-4H3,(H,25,27). The molecule has 0 saturated heterocycles. The predicted octanol–water partition coefficient (Wildman–Crippen LogP) is 5.37. The van der Waals surface area contributed by atoms with Gasteiger partial charge >= 0.3 is 0 Å². The minimum Gasteiger partial charge on any atom is -0.506 e. The van der Waals surface area contributed by atoms with Gasteiger partial charge in [-0.05, 0) is 57.7 Å². The van der Waals surface area contributed by atoms with Crippen LogP contribution in [0.25, 0.3) is 11.1 Å². The number of phenols is 1. The van der Waals surface area contributed by atoms with Crippen LogP contribution in [0.15, 0.2) is 24.3 Å². The summed E-state index contributed by atoms with van der Waals surface area (Å²) in [5, 5.41) is 14.3. The number of nitrogens with one attached hydrogen (secondary N) is 1. The Bertz CT molecular complexity index is 939. The molecule has 0 aromatic heterocycles. The smallest absolute Gasteiger partial charge is 0.255 e. The minimum atomic E-state index is -0.499. The second-order valence-electron chi connectivity index (χ2n) is 8.76. The van der Waals surface area contributed by atoms with Gasteiger partial charge in [0.15, 0.2) is 0 Å². The number of carbonyl (C=O) groups excluding carboxylic acids is 1. The molecule has 4 nitrogen and oxygen atoms in total. The van der Waals surface area contributed by atoms with E-state index in [9.17, 15) is 9.90 Å². The van der Waals surface area contributed by atoms with Crippen molar-refractivity contribution in [3.05, 3.63) is 46.5 Å².